The van der Waals surface area contributed by atoms with E-state index in [0.717, 1.165) is 21.9 Å². The van der Waals surface area contributed by atoms with Gasteiger partial charge < -0.3 is 10.1 Å². The van der Waals surface area contributed by atoms with Crippen molar-refractivity contribution in [3.8, 4) is 5.75 Å². The molecule has 0 aliphatic rings. The molecule has 4 aromatic carbocycles. The molecule has 0 saturated carbocycles. The molecule has 0 aliphatic heterocycles. The quantitative estimate of drug-likeness (QED) is 0.173. The van der Waals surface area contributed by atoms with Gasteiger partial charge in [-0.15, -0.1) is 0 Å². The number of amides is 2. The minimum Gasteiger partial charge on any atom is -0.484 e. The summed E-state index contributed by atoms with van der Waals surface area (Å²) in [6.07, 6.45) is 2.18. The number of nitrogens with zero attached hydrogens (tertiary/aromatic N) is 2. The maximum atomic E-state index is 13.3. The van der Waals surface area contributed by atoms with Crippen molar-refractivity contribution in [3.05, 3.63) is 132 Å². The largest absolute Gasteiger partial charge is 0.484 e. The SMILES string of the molecule is O=C(COc1ccc(/C=N/NC(=O)CN(Cc2ccccc2)S(=O)(=O)c2ccccc2)cc1)NCCc1ccccc1. The number of hydrogen-bond acceptors (Lipinski definition) is 6. The molecular formula is C32H32N4O5S. The fourth-order valence-corrected chi connectivity index (χ4v) is 5.38. The first-order valence-electron chi connectivity index (χ1n) is 13.3. The van der Waals surface area contributed by atoms with Crippen molar-refractivity contribution in [2.45, 2.75) is 17.9 Å². The molecule has 42 heavy (non-hydrogen) atoms. The monoisotopic (exact) mass is 584 g/mol. The van der Waals surface area contributed by atoms with E-state index >= 15 is 0 Å². The Kier molecular flexibility index (Phi) is 11.0. The smallest absolute Gasteiger partial charge is 0.257 e. The lowest BCUT2D eigenvalue weighted by Crippen LogP contribution is -2.39. The maximum absolute atomic E-state index is 13.3. The van der Waals surface area contributed by atoms with Crippen molar-refractivity contribution in [1.82, 2.24) is 15.0 Å². The van der Waals surface area contributed by atoms with Gasteiger partial charge >= 0.3 is 0 Å². The fourth-order valence-electron chi connectivity index (χ4n) is 3.97. The number of rotatable bonds is 14. The van der Waals surface area contributed by atoms with Crippen LogP contribution >= 0.6 is 0 Å². The van der Waals surface area contributed by atoms with Gasteiger partial charge in [0.1, 0.15) is 5.75 Å². The third-order valence-electron chi connectivity index (χ3n) is 6.13. The van der Waals surface area contributed by atoms with Crippen LogP contribution in [0, 0.1) is 0 Å². The number of hydrogen-bond donors (Lipinski definition) is 2. The highest BCUT2D eigenvalue weighted by molar-refractivity contribution is 7.89. The number of carbonyl (C=O) groups is 2. The van der Waals surface area contributed by atoms with Crippen molar-refractivity contribution in [3.63, 3.8) is 0 Å². The van der Waals surface area contributed by atoms with Gasteiger partial charge in [-0.1, -0.05) is 78.9 Å². The summed E-state index contributed by atoms with van der Waals surface area (Å²) in [5, 5.41) is 6.80. The second-order valence-corrected chi connectivity index (χ2v) is 11.2. The summed E-state index contributed by atoms with van der Waals surface area (Å²) in [7, 11) is -3.93. The highest BCUT2D eigenvalue weighted by Gasteiger charge is 2.26. The Bertz CT molecular complexity index is 1560. The first kappa shape index (κ1) is 30.2. The Hall–Kier alpha value is -4.80. The molecule has 0 unspecified atom stereocenters. The van der Waals surface area contributed by atoms with E-state index in [1.165, 1.54) is 18.3 Å². The summed E-state index contributed by atoms with van der Waals surface area (Å²) in [4.78, 5) is 24.8. The molecule has 0 bridgehead atoms. The second kappa shape index (κ2) is 15.3. The first-order chi connectivity index (χ1) is 20.4. The number of sulfonamides is 1. The van der Waals surface area contributed by atoms with E-state index in [1.807, 2.05) is 48.5 Å². The molecule has 10 heteroatoms. The Morgan fingerprint density at radius 2 is 1.36 bits per heavy atom. The zero-order chi connectivity index (χ0) is 29.6. The average Bonchev–Trinajstić information content (AvgIpc) is 3.02. The molecule has 0 spiro atoms. The van der Waals surface area contributed by atoms with E-state index in [0.29, 0.717) is 17.9 Å². The Morgan fingerprint density at radius 3 is 2.00 bits per heavy atom. The van der Waals surface area contributed by atoms with Crippen LogP contribution in [-0.2, 0) is 32.6 Å². The lowest BCUT2D eigenvalue weighted by atomic mass is 10.1. The molecule has 216 valence electrons. The molecular weight excluding hydrogens is 552 g/mol. The van der Waals surface area contributed by atoms with Crippen molar-refractivity contribution in [2.24, 2.45) is 5.10 Å². The molecule has 2 N–H and O–H groups in total. The fraction of sp³-hybridized carbons (Fsp3) is 0.156. The number of hydrazone groups is 1. The molecule has 0 aromatic heterocycles. The van der Waals surface area contributed by atoms with Crippen LogP contribution in [0.15, 0.2) is 125 Å². The van der Waals surface area contributed by atoms with E-state index in [1.54, 1.807) is 54.6 Å². The number of ether oxygens (including phenoxy) is 1. The predicted octanol–water partition coefficient (Wildman–Crippen LogP) is 3.77. The van der Waals surface area contributed by atoms with Crippen LogP contribution in [0.2, 0.25) is 0 Å². The second-order valence-electron chi connectivity index (χ2n) is 9.31. The van der Waals surface area contributed by atoms with Crippen molar-refractivity contribution in [1.29, 1.82) is 0 Å². The highest BCUT2D eigenvalue weighted by Crippen LogP contribution is 2.18. The first-order valence-corrected chi connectivity index (χ1v) is 14.8. The minimum atomic E-state index is -3.93. The number of nitrogens with one attached hydrogen (secondary N) is 2. The summed E-state index contributed by atoms with van der Waals surface area (Å²) in [6.45, 7) is 0.0323. The van der Waals surface area contributed by atoms with E-state index < -0.39 is 22.5 Å². The Morgan fingerprint density at radius 1 is 0.762 bits per heavy atom. The van der Waals surface area contributed by atoms with Crippen LogP contribution in [-0.4, -0.2) is 50.4 Å². The van der Waals surface area contributed by atoms with Crippen molar-refractivity contribution in [2.75, 3.05) is 19.7 Å². The molecule has 0 heterocycles. The van der Waals surface area contributed by atoms with Gasteiger partial charge in [-0.3, -0.25) is 9.59 Å². The molecule has 0 atom stereocenters. The predicted molar refractivity (Wildman–Crippen MR) is 161 cm³/mol. The zero-order valence-corrected chi connectivity index (χ0v) is 23.7. The van der Waals surface area contributed by atoms with Crippen molar-refractivity contribution < 1.29 is 22.7 Å². The van der Waals surface area contributed by atoms with Gasteiger partial charge in [-0.25, -0.2) is 13.8 Å². The number of benzene rings is 4. The van der Waals surface area contributed by atoms with Gasteiger partial charge in [0.25, 0.3) is 11.8 Å². The molecule has 4 rings (SSSR count). The lowest BCUT2D eigenvalue weighted by molar-refractivity contribution is -0.123. The van der Waals surface area contributed by atoms with Crippen LogP contribution in [0.4, 0.5) is 0 Å². The van der Waals surface area contributed by atoms with Crippen LogP contribution < -0.4 is 15.5 Å². The molecule has 0 saturated heterocycles. The van der Waals surface area contributed by atoms with Gasteiger partial charge in [0.15, 0.2) is 6.61 Å². The van der Waals surface area contributed by atoms with Crippen LogP contribution in [0.1, 0.15) is 16.7 Å². The Balaban J connectivity index is 1.26. The van der Waals surface area contributed by atoms with Crippen LogP contribution in [0.25, 0.3) is 0 Å². The normalized spacial score (nSPS) is 11.4. The van der Waals surface area contributed by atoms with E-state index in [9.17, 15) is 18.0 Å². The van der Waals surface area contributed by atoms with Crippen molar-refractivity contribution >= 4 is 28.1 Å². The van der Waals surface area contributed by atoms with E-state index in [4.69, 9.17) is 4.74 Å². The van der Waals surface area contributed by atoms with E-state index in [-0.39, 0.29) is 24.0 Å². The molecule has 0 aliphatic carbocycles. The molecule has 0 radical (unpaired) electrons. The molecule has 4 aromatic rings. The van der Waals surface area contributed by atoms with Crippen LogP contribution in [0.5, 0.6) is 5.75 Å². The van der Waals surface area contributed by atoms with E-state index in [2.05, 4.69) is 15.8 Å². The maximum Gasteiger partial charge on any atom is 0.257 e. The molecule has 9 nitrogen and oxygen atoms in total. The molecule has 0 fully saturated rings. The third kappa shape index (κ3) is 9.39. The summed E-state index contributed by atoms with van der Waals surface area (Å²) < 4.78 is 33.2. The average molecular weight is 585 g/mol. The number of carbonyl (C=O) groups excluding carboxylic acids is 2. The zero-order valence-electron chi connectivity index (χ0n) is 22.9. The van der Waals surface area contributed by atoms with Gasteiger partial charge in [-0.2, -0.15) is 9.41 Å². The summed E-state index contributed by atoms with van der Waals surface area (Å²) >= 11 is 0. The minimum absolute atomic E-state index is 0.0295. The Labute approximate surface area is 245 Å². The third-order valence-corrected chi connectivity index (χ3v) is 7.94. The van der Waals surface area contributed by atoms with Gasteiger partial charge in [-0.05, 0) is 59.5 Å². The lowest BCUT2D eigenvalue weighted by Gasteiger charge is -2.21. The summed E-state index contributed by atoms with van der Waals surface area (Å²) in [5.74, 6) is -0.285. The molecule has 2 amide bonds. The van der Waals surface area contributed by atoms with Gasteiger partial charge in [0, 0.05) is 13.1 Å². The topological polar surface area (TPSA) is 117 Å². The highest BCUT2D eigenvalue weighted by atomic mass is 32.2. The van der Waals surface area contributed by atoms with Gasteiger partial charge in [0.05, 0.1) is 17.7 Å². The standard InChI is InChI=1S/C32H32N4O5S/c37-31(24-36(23-28-12-6-2-7-13-28)42(39,40)30-14-8-3-9-15-30)35-34-22-27-16-18-29(19-17-27)41-25-32(38)33-21-20-26-10-4-1-5-11-26/h1-19,22H,20-21,23-25H2,(H,33,38)(H,35,37)/b34-22+. The summed E-state index contributed by atoms with van der Waals surface area (Å²) in [6, 6.07) is 33.8. The summed E-state index contributed by atoms with van der Waals surface area (Å²) in [5.41, 5.74) is 4.97. The van der Waals surface area contributed by atoms with Gasteiger partial charge in [0.2, 0.25) is 10.0 Å². The van der Waals surface area contributed by atoms with Crippen LogP contribution in [0.3, 0.4) is 0 Å².